The van der Waals surface area contributed by atoms with Crippen molar-refractivity contribution >= 4 is 17.5 Å². The van der Waals surface area contributed by atoms with Gasteiger partial charge in [-0.3, -0.25) is 4.79 Å². The molecule has 0 saturated heterocycles. The number of anilines is 2. The number of rotatable bonds is 3. The van der Waals surface area contributed by atoms with E-state index in [1.54, 1.807) is 30.5 Å². The lowest BCUT2D eigenvalue weighted by Gasteiger charge is -2.28. The lowest BCUT2D eigenvalue weighted by Crippen LogP contribution is -2.36. The molecule has 132 valence electrons. The van der Waals surface area contributed by atoms with Crippen LogP contribution in [0.15, 0.2) is 60.8 Å². The van der Waals surface area contributed by atoms with E-state index >= 15 is 0 Å². The monoisotopic (exact) mass is 355 g/mol. The van der Waals surface area contributed by atoms with Crippen molar-refractivity contribution in [3.8, 4) is 6.07 Å². The van der Waals surface area contributed by atoms with Crippen LogP contribution >= 0.6 is 0 Å². The second kappa shape index (κ2) is 7.26. The molecule has 0 spiro atoms. The molecule has 0 fully saturated rings. The summed E-state index contributed by atoms with van der Waals surface area (Å²) in [5.74, 6) is 0.217. The largest absolute Gasteiger partial charge is 0.333 e. The summed E-state index contributed by atoms with van der Waals surface area (Å²) >= 11 is 0. The molecule has 27 heavy (non-hydrogen) atoms. The number of amides is 1. The van der Waals surface area contributed by atoms with Gasteiger partial charge in [-0.15, -0.1) is 0 Å². The van der Waals surface area contributed by atoms with Crippen LogP contribution in [0, 0.1) is 11.3 Å². The molecule has 6 nitrogen and oxygen atoms in total. The van der Waals surface area contributed by atoms with Crippen molar-refractivity contribution < 1.29 is 4.79 Å². The van der Waals surface area contributed by atoms with E-state index in [1.165, 1.54) is 11.1 Å². The molecule has 1 N–H and O–H groups in total. The molecular weight excluding hydrogens is 338 g/mol. The number of aromatic nitrogens is 2. The maximum atomic E-state index is 12.9. The summed E-state index contributed by atoms with van der Waals surface area (Å²) in [7, 11) is 0. The molecule has 1 aliphatic rings. The Morgan fingerprint density at radius 1 is 1.11 bits per heavy atom. The summed E-state index contributed by atoms with van der Waals surface area (Å²) in [6.07, 6.45) is 2.41. The van der Waals surface area contributed by atoms with Crippen molar-refractivity contribution in [2.75, 3.05) is 11.9 Å². The van der Waals surface area contributed by atoms with Crippen LogP contribution in [-0.4, -0.2) is 27.3 Å². The van der Waals surface area contributed by atoms with Gasteiger partial charge in [-0.2, -0.15) is 5.26 Å². The first-order chi connectivity index (χ1) is 13.2. The minimum absolute atomic E-state index is 0.110. The third kappa shape index (κ3) is 3.62. The van der Waals surface area contributed by atoms with Crippen molar-refractivity contribution in [2.24, 2.45) is 0 Å². The third-order valence-electron chi connectivity index (χ3n) is 4.54. The van der Waals surface area contributed by atoms with Crippen LogP contribution in [0.2, 0.25) is 0 Å². The predicted molar refractivity (Wildman–Crippen MR) is 101 cm³/mol. The highest BCUT2D eigenvalue weighted by molar-refractivity contribution is 5.92. The van der Waals surface area contributed by atoms with Gasteiger partial charge in [-0.05, 0) is 41.8 Å². The summed E-state index contributed by atoms with van der Waals surface area (Å²) in [5, 5.41) is 12.0. The van der Waals surface area contributed by atoms with Gasteiger partial charge in [0.2, 0.25) is 5.95 Å². The molecule has 1 amide bonds. The molecule has 3 aromatic rings. The molecule has 4 rings (SSSR count). The van der Waals surface area contributed by atoms with Gasteiger partial charge in [0.05, 0.1) is 11.6 Å². The molecule has 0 atom stereocenters. The lowest BCUT2D eigenvalue weighted by molar-refractivity contribution is 0.0728. The smallest absolute Gasteiger partial charge is 0.272 e. The standard InChI is InChI=1S/C21H17N5O/c22-13-15-4-3-7-18(12-15)24-21-23-10-8-19(25-21)20(27)26-11-9-16-5-1-2-6-17(16)14-26/h1-8,10,12H,9,11,14H2,(H,23,24,25). The van der Waals surface area contributed by atoms with Gasteiger partial charge in [0.15, 0.2) is 0 Å². The number of nitriles is 1. The summed E-state index contributed by atoms with van der Waals surface area (Å²) in [4.78, 5) is 23.2. The molecule has 2 heterocycles. The Balaban J connectivity index is 1.52. The fourth-order valence-corrected chi connectivity index (χ4v) is 3.16. The first-order valence-electron chi connectivity index (χ1n) is 8.69. The summed E-state index contributed by atoms with van der Waals surface area (Å²) in [6, 6.07) is 18.9. The van der Waals surface area contributed by atoms with Gasteiger partial charge in [-0.1, -0.05) is 30.3 Å². The van der Waals surface area contributed by atoms with E-state index in [-0.39, 0.29) is 5.91 Å². The second-order valence-corrected chi connectivity index (χ2v) is 6.33. The fourth-order valence-electron chi connectivity index (χ4n) is 3.16. The van der Waals surface area contributed by atoms with Gasteiger partial charge in [0, 0.05) is 25.0 Å². The SMILES string of the molecule is N#Cc1cccc(Nc2nccc(C(=O)N3CCc4ccccc4C3)n2)c1. The summed E-state index contributed by atoms with van der Waals surface area (Å²) < 4.78 is 0. The minimum Gasteiger partial charge on any atom is -0.333 e. The van der Waals surface area contributed by atoms with E-state index < -0.39 is 0 Å². The molecule has 0 saturated carbocycles. The molecule has 0 bridgehead atoms. The Kier molecular flexibility index (Phi) is 4.50. The molecule has 1 aliphatic heterocycles. The van der Waals surface area contributed by atoms with Crippen LogP contribution in [0.5, 0.6) is 0 Å². The molecule has 2 aromatic carbocycles. The zero-order valence-corrected chi connectivity index (χ0v) is 14.6. The first-order valence-corrected chi connectivity index (χ1v) is 8.69. The Labute approximate surface area is 157 Å². The lowest BCUT2D eigenvalue weighted by atomic mass is 10.00. The van der Waals surface area contributed by atoms with E-state index in [4.69, 9.17) is 5.26 Å². The minimum atomic E-state index is -0.110. The summed E-state index contributed by atoms with van der Waals surface area (Å²) in [5.41, 5.74) is 4.06. The Morgan fingerprint density at radius 2 is 1.96 bits per heavy atom. The Morgan fingerprint density at radius 3 is 2.81 bits per heavy atom. The number of fused-ring (bicyclic) bond motifs is 1. The van der Waals surface area contributed by atoms with Crippen LogP contribution in [0.25, 0.3) is 0 Å². The fraction of sp³-hybridized carbons (Fsp3) is 0.143. The zero-order chi connectivity index (χ0) is 18.6. The van der Waals surface area contributed by atoms with Crippen molar-refractivity contribution in [1.29, 1.82) is 5.26 Å². The highest BCUT2D eigenvalue weighted by Crippen LogP contribution is 2.20. The number of nitrogens with one attached hydrogen (secondary N) is 1. The molecule has 1 aromatic heterocycles. The highest BCUT2D eigenvalue weighted by Gasteiger charge is 2.22. The van der Waals surface area contributed by atoms with E-state index in [0.29, 0.717) is 36.0 Å². The second-order valence-electron chi connectivity index (χ2n) is 6.33. The molecule has 0 unspecified atom stereocenters. The van der Waals surface area contributed by atoms with Gasteiger partial charge in [0.1, 0.15) is 5.69 Å². The highest BCUT2D eigenvalue weighted by atomic mass is 16.2. The topological polar surface area (TPSA) is 81.9 Å². The maximum absolute atomic E-state index is 12.9. The number of carbonyl (C=O) groups is 1. The number of hydrogen-bond donors (Lipinski definition) is 1. The van der Waals surface area contributed by atoms with Gasteiger partial charge >= 0.3 is 0 Å². The van der Waals surface area contributed by atoms with Crippen molar-refractivity contribution in [3.05, 3.63) is 83.2 Å². The van der Waals surface area contributed by atoms with Crippen molar-refractivity contribution in [1.82, 2.24) is 14.9 Å². The summed E-state index contributed by atoms with van der Waals surface area (Å²) in [6.45, 7) is 1.26. The molecular formula is C21H17N5O. The van der Waals surface area contributed by atoms with Crippen LogP contribution in [0.4, 0.5) is 11.6 Å². The molecule has 6 heteroatoms. The maximum Gasteiger partial charge on any atom is 0.272 e. The molecule has 0 aliphatic carbocycles. The van der Waals surface area contributed by atoms with Crippen LogP contribution in [0.3, 0.4) is 0 Å². The van der Waals surface area contributed by atoms with Gasteiger partial charge in [0.25, 0.3) is 5.91 Å². The third-order valence-corrected chi connectivity index (χ3v) is 4.54. The normalized spacial score (nSPS) is 12.8. The number of hydrogen-bond acceptors (Lipinski definition) is 5. The average molecular weight is 355 g/mol. The van der Waals surface area contributed by atoms with E-state index in [2.05, 4.69) is 33.5 Å². The van der Waals surface area contributed by atoms with E-state index in [9.17, 15) is 4.79 Å². The zero-order valence-electron chi connectivity index (χ0n) is 14.6. The molecule has 0 radical (unpaired) electrons. The Hall–Kier alpha value is -3.72. The quantitative estimate of drug-likeness (QED) is 0.779. The number of carbonyl (C=O) groups excluding carboxylic acids is 1. The van der Waals surface area contributed by atoms with Crippen molar-refractivity contribution in [3.63, 3.8) is 0 Å². The number of benzene rings is 2. The van der Waals surface area contributed by atoms with Crippen LogP contribution in [0.1, 0.15) is 27.2 Å². The number of nitrogens with zero attached hydrogens (tertiary/aromatic N) is 4. The van der Waals surface area contributed by atoms with Gasteiger partial charge in [-0.25, -0.2) is 9.97 Å². The average Bonchev–Trinajstić information content (AvgIpc) is 2.73. The first kappa shape index (κ1) is 16.7. The Bertz CT molecular complexity index is 1040. The van der Waals surface area contributed by atoms with Gasteiger partial charge < -0.3 is 10.2 Å². The van der Waals surface area contributed by atoms with Crippen LogP contribution in [-0.2, 0) is 13.0 Å². The van der Waals surface area contributed by atoms with Crippen molar-refractivity contribution in [2.45, 2.75) is 13.0 Å². The van der Waals surface area contributed by atoms with E-state index in [1.807, 2.05) is 23.1 Å². The van der Waals surface area contributed by atoms with E-state index in [0.717, 1.165) is 6.42 Å². The predicted octanol–water partition coefficient (Wildman–Crippen LogP) is 3.29. The van der Waals surface area contributed by atoms with Crippen LogP contribution < -0.4 is 5.32 Å².